The summed E-state index contributed by atoms with van der Waals surface area (Å²) in [5, 5.41) is 2.64. The highest BCUT2D eigenvalue weighted by Crippen LogP contribution is 2.63. The van der Waals surface area contributed by atoms with Crippen molar-refractivity contribution >= 4 is 21.8 Å². The standard InChI is InChI=1S/C42H25N3/c1-4-14-35-28(9-1)29-10-2-5-15-36(29)42(35)37-16-6-3-11-30(37)33-23-39-34(22-38(33)42)32-13-7-12-31-27-18-17-25(41-43-19-8-20-44-41)21-26(27)24-45(39)40(31)32/h1-23H,24H2. The molecule has 0 amide bonds. The van der Waals surface area contributed by atoms with Crippen LogP contribution in [0.4, 0.5) is 0 Å². The number of fused-ring (bicyclic) bond motifs is 15. The van der Waals surface area contributed by atoms with E-state index < -0.39 is 0 Å². The van der Waals surface area contributed by atoms with Gasteiger partial charge in [0.05, 0.1) is 16.4 Å². The molecule has 3 aliphatic rings. The Morgan fingerprint density at radius 3 is 1.84 bits per heavy atom. The minimum atomic E-state index is -0.340. The van der Waals surface area contributed by atoms with Crippen LogP contribution in [0.25, 0.3) is 66.6 Å². The summed E-state index contributed by atoms with van der Waals surface area (Å²) >= 11 is 0. The Morgan fingerprint density at radius 1 is 0.489 bits per heavy atom. The highest BCUT2D eigenvalue weighted by Gasteiger charge is 2.51. The molecule has 0 saturated heterocycles. The van der Waals surface area contributed by atoms with Gasteiger partial charge in [0, 0.05) is 40.8 Å². The number of hydrogen-bond donors (Lipinski definition) is 0. The molecule has 0 unspecified atom stereocenters. The van der Waals surface area contributed by atoms with Crippen LogP contribution in [0, 0.1) is 0 Å². The molecule has 0 saturated carbocycles. The molecule has 1 spiro atoms. The van der Waals surface area contributed by atoms with Gasteiger partial charge in [0.1, 0.15) is 0 Å². The molecule has 6 aromatic carbocycles. The molecule has 2 aliphatic carbocycles. The lowest BCUT2D eigenvalue weighted by Crippen LogP contribution is -2.25. The highest BCUT2D eigenvalue weighted by atomic mass is 15.0. The maximum absolute atomic E-state index is 4.53. The van der Waals surface area contributed by atoms with Crippen LogP contribution in [0.2, 0.25) is 0 Å². The normalized spacial score (nSPS) is 14.3. The Balaban J connectivity index is 1.23. The molecule has 11 rings (SSSR count). The van der Waals surface area contributed by atoms with Crippen molar-refractivity contribution in [3.8, 4) is 44.8 Å². The van der Waals surface area contributed by atoms with Crippen molar-refractivity contribution in [2.45, 2.75) is 12.0 Å². The average Bonchev–Trinajstić information content (AvgIpc) is 3.70. The predicted octanol–water partition coefficient (Wildman–Crippen LogP) is 9.62. The van der Waals surface area contributed by atoms with E-state index in [1.54, 1.807) is 0 Å². The van der Waals surface area contributed by atoms with Crippen LogP contribution < -0.4 is 0 Å². The predicted molar refractivity (Wildman–Crippen MR) is 181 cm³/mol. The fraction of sp³-hybridized carbons (Fsp3) is 0.0476. The van der Waals surface area contributed by atoms with Gasteiger partial charge in [0.25, 0.3) is 0 Å². The van der Waals surface area contributed by atoms with Gasteiger partial charge in [-0.15, -0.1) is 0 Å². The van der Waals surface area contributed by atoms with Gasteiger partial charge in [-0.2, -0.15) is 0 Å². The van der Waals surface area contributed by atoms with E-state index >= 15 is 0 Å². The summed E-state index contributed by atoms with van der Waals surface area (Å²) in [5.74, 6) is 0.763. The molecule has 2 aromatic heterocycles. The first kappa shape index (κ1) is 23.6. The maximum atomic E-state index is 4.53. The summed E-state index contributed by atoms with van der Waals surface area (Å²) in [6, 6.07) is 47.6. The summed E-state index contributed by atoms with van der Waals surface area (Å²) in [7, 11) is 0. The molecule has 0 atom stereocenters. The van der Waals surface area contributed by atoms with E-state index in [-0.39, 0.29) is 5.41 Å². The summed E-state index contributed by atoms with van der Waals surface area (Å²) in [6.07, 6.45) is 3.62. The molecule has 0 fully saturated rings. The second-order valence-electron chi connectivity index (χ2n) is 12.5. The largest absolute Gasteiger partial charge is 0.335 e. The topological polar surface area (TPSA) is 30.7 Å². The summed E-state index contributed by atoms with van der Waals surface area (Å²) < 4.78 is 2.54. The molecular formula is C42H25N3. The molecule has 0 radical (unpaired) electrons. The average molecular weight is 572 g/mol. The molecule has 3 heterocycles. The second-order valence-corrected chi connectivity index (χ2v) is 12.5. The number of rotatable bonds is 1. The van der Waals surface area contributed by atoms with Gasteiger partial charge < -0.3 is 4.57 Å². The lowest BCUT2D eigenvalue weighted by atomic mass is 9.70. The third-order valence-corrected chi connectivity index (χ3v) is 10.5. The fourth-order valence-corrected chi connectivity index (χ4v) is 8.86. The molecule has 45 heavy (non-hydrogen) atoms. The zero-order valence-corrected chi connectivity index (χ0v) is 24.3. The van der Waals surface area contributed by atoms with Gasteiger partial charge in [-0.3, -0.25) is 0 Å². The van der Waals surface area contributed by atoms with Gasteiger partial charge in [-0.25, -0.2) is 9.97 Å². The van der Waals surface area contributed by atoms with E-state index in [1.807, 2.05) is 18.5 Å². The van der Waals surface area contributed by atoms with Crippen LogP contribution in [0.15, 0.2) is 140 Å². The molecule has 208 valence electrons. The molecule has 3 nitrogen and oxygen atoms in total. The smallest absolute Gasteiger partial charge is 0.159 e. The minimum Gasteiger partial charge on any atom is -0.335 e. The Morgan fingerprint density at radius 2 is 1.13 bits per heavy atom. The van der Waals surface area contributed by atoms with Gasteiger partial charge in [-0.05, 0) is 79.9 Å². The van der Waals surface area contributed by atoms with Gasteiger partial charge >= 0.3 is 0 Å². The third-order valence-electron chi connectivity index (χ3n) is 10.5. The summed E-state index contributed by atoms with van der Waals surface area (Å²) in [6.45, 7) is 0.810. The van der Waals surface area contributed by atoms with Crippen molar-refractivity contribution < 1.29 is 0 Å². The Hall–Kier alpha value is -5.80. The van der Waals surface area contributed by atoms with Gasteiger partial charge in [-0.1, -0.05) is 103 Å². The van der Waals surface area contributed by atoms with Crippen molar-refractivity contribution in [2.75, 3.05) is 0 Å². The summed E-state index contributed by atoms with van der Waals surface area (Å²) in [4.78, 5) is 9.06. The van der Waals surface area contributed by atoms with E-state index in [0.717, 1.165) is 17.9 Å². The number of hydrogen-bond acceptors (Lipinski definition) is 2. The van der Waals surface area contributed by atoms with E-state index in [0.29, 0.717) is 0 Å². The zero-order valence-electron chi connectivity index (χ0n) is 24.3. The third kappa shape index (κ3) is 2.78. The van der Waals surface area contributed by atoms with Crippen molar-refractivity contribution in [1.29, 1.82) is 0 Å². The molecular weight excluding hydrogens is 546 g/mol. The quantitative estimate of drug-likeness (QED) is 0.196. The molecule has 0 bridgehead atoms. The van der Waals surface area contributed by atoms with Crippen LogP contribution in [0.1, 0.15) is 27.8 Å². The Kier molecular flexibility index (Phi) is 4.32. The highest BCUT2D eigenvalue weighted by molar-refractivity contribution is 6.15. The molecule has 0 N–H and O–H groups in total. The van der Waals surface area contributed by atoms with Crippen molar-refractivity contribution in [1.82, 2.24) is 14.5 Å². The van der Waals surface area contributed by atoms with E-state index in [9.17, 15) is 0 Å². The first-order valence-electron chi connectivity index (χ1n) is 15.6. The number of nitrogens with zero attached hydrogens (tertiary/aromatic N) is 3. The van der Waals surface area contributed by atoms with Crippen LogP contribution in [-0.2, 0) is 12.0 Å². The Bertz CT molecular complexity index is 2530. The maximum Gasteiger partial charge on any atom is 0.159 e. The first-order valence-corrected chi connectivity index (χ1v) is 15.6. The zero-order chi connectivity index (χ0) is 29.3. The number of benzene rings is 6. The van der Waals surface area contributed by atoms with Crippen molar-refractivity contribution in [3.05, 3.63) is 168 Å². The molecule has 1 aliphatic heterocycles. The van der Waals surface area contributed by atoms with Crippen LogP contribution >= 0.6 is 0 Å². The number of aromatic nitrogens is 3. The van der Waals surface area contributed by atoms with Gasteiger partial charge in [0.2, 0.25) is 0 Å². The molecule has 8 aromatic rings. The fourth-order valence-electron chi connectivity index (χ4n) is 8.86. The van der Waals surface area contributed by atoms with E-state index in [2.05, 4.69) is 136 Å². The lowest BCUT2D eigenvalue weighted by Gasteiger charge is -2.30. The van der Waals surface area contributed by atoms with Crippen LogP contribution in [0.3, 0.4) is 0 Å². The van der Waals surface area contributed by atoms with Crippen LogP contribution in [-0.4, -0.2) is 14.5 Å². The first-order chi connectivity index (χ1) is 22.3. The molecule has 3 heteroatoms. The van der Waals surface area contributed by atoms with Crippen molar-refractivity contribution in [3.63, 3.8) is 0 Å². The Labute approximate surface area is 260 Å². The van der Waals surface area contributed by atoms with Crippen molar-refractivity contribution in [2.24, 2.45) is 0 Å². The van der Waals surface area contributed by atoms with E-state index in [4.69, 9.17) is 0 Å². The summed E-state index contributed by atoms with van der Waals surface area (Å²) in [5.41, 5.74) is 18.1. The SMILES string of the molecule is c1cnc(-c2ccc3c(c2)Cn2c4cc5c(cc4c4cccc-3c42)C2(c3ccccc3-c3ccccc32)c2ccccc2-5)nc1. The lowest BCUT2D eigenvalue weighted by molar-refractivity contribution is 0.794. The monoisotopic (exact) mass is 571 g/mol. The number of para-hydroxylation sites is 1. The second kappa shape index (κ2) is 8.22. The van der Waals surface area contributed by atoms with Gasteiger partial charge in [0.15, 0.2) is 5.82 Å². The minimum absolute atomic E-state index is 0.340. The van der Waals surface area contributed by atoms with Crippen LogP contribution in [0.5, 0.6) is 0 Å². The van der Waals surface area contributed by atoms with E-state index in [1.165, 1.54) is 83.0 Å².